The lowest BCUT2D eigenvalue weighted by atomic mass is 10.3. The van der Waals surface area contributed by atoms with E-state index >= 15 is 0 Å². The summed E-state index contributed by atoms with van der Waals surface area (Å²) in [4.78, 5) is 14.9. The molecule has 0 N–H and O–H groups in total. The van der Waals surface area contributed by atoms with Gasteiger partial charge in [0.15, 0.2) is 0 Å². The molecule has 0 aliphatic heterocycles. The maximum atomic E-state index is 10.9. The van der Waals surface area contributed by atoms with Crippen LogP contribution in [0.4, 0.5) is 0 Å². The fourth-order valence-corrected chi connectivity index (χ4v) is 1.32. The van der Waals surface area contributed by atoms with Crippen molar-refractivity contribution in [3.05, 3.63) is 22.7 Å². The third-order valence-corrected chi connectivity index (χ3v) is 1.93. The minimum Gasteiger partial charge on any atom is -0.466 e. The van der Waals surface area contributed by atoms with Crippen molar-refractivity contribution in [2.45, 2.75) is 13.3 Å². The Bertz CT molecular complexity index is 280. The summed E-state index contributed by atoms with van der Waals surface area (Å²) in [5.41, 5.74) is 2.64. The van der Waals surface area contributed by atoms with Crippen molar-refractivity contribution < 1.29 is 9.53 Å². The van der Waals surface area contributed by atoms with E-state index in [1.165, 1.54) is 11.3 Å². The molecule has 1 aromatic heterocycles. The van der Waals surface area contributed by atoms with Crippen molar-refractivity contribution >= 4 is 23.4 Å². The van der Waals surface area contributed by atoms with Gasteiger partial charge in [-0.2, -0.15) is 0 Å². The summed E-state index contributed by atoms with van der Waals surface area (Å²) in [5, 5.41) is 1.92. The highest BCUT2D eigenvalue weighted by atomic mass is 32.1. The standard InChI is InChI=1S/C9H11NO2S/c1-2-12-9(11)5-3-4-8-6-13-7-10-8/h3-4,6-7H,2,5H2,1H3. The molecular weight excluding hydrogens is 186 g/mol. The van der Waals surface area contributed by atoms with Crippen LogP contribution in [0.5, 0.6) is 0 Å². The van der Waals surface area contributed by atoms with Crippen molar-refractivity contribution in [3.8, 4) is 0 Å². The summed E-state index contributed by atoms with van der Waals surface area (Å²) < 4.78 is 4.75. The summed E-state index contributed by atoms with van der Waals surface area (Å²) in [6.07, 6.45) is 3.88. The van der Waals surface area contributed by atoms with Gasteiger partial charge in [-0.05, 0) is 13.0 Å². The number of carbonyl (C=O) groups is 1. The van der Waals surface area contributed by atoms with Crippen molar-refractivity contribution in [1.29, 1.82) is 0 Å². The van der Waals surface area contributed by atoms with Gasteiger partial charge in [-0.3, -0.25) is 4.79 Å². The van der Waals surface area contributed by atoms with Gasteiger partial charge in [0.1, 0.15) is 0 Å². The Kier molecular flexibility index (Phi) is 4.18. The molecule has 0 unspecified atom stereocenters. The molecule has 1 rings (SSSR count). The van der Waals surface area contributed by atoms with Crippen molar-refractivity contribution in [2.75, 3.05) is 6.61 Å². The highest BCUT2D eigenvalue weighted by Crippen LogP contribution is 2.03. The van der Waals surface area contributed by atoms with Gasteiger partial charge < -0.3 is 4.74 Å². The molecule has 0 saturated carbocycles. The van der Waals surface area contributed by atoms with Crippen LogP contribution in [0.3, 0.4) is 0 Å². The Labute approximate surface area is 81.1 Å². The smallest absolute Gasteiger partial charge is 0.309 e. The number of hydrogen-bond acceptors (Lipinski definition) is 4. The predicted octanol–water partition coefficient (Wildman–Crippen LogP) is 2.11. The summed E-state index contributed by atoms with van der Waals surface area (Å²) in [6.45, 7) is 2.23. The number of ether oxygens (including phenoxy) is 1. The zero-order chi connectivity index (χ0) is 9.52. The Hall–Kier alpha value is -1.16. The molecule has 4 heteroatoms. The van der Waals surface area contributed by atoms with Crippen LogP contribution in [0.1, 0.15) is 19.0 Å². The molecule has 1 aromatic rings. The lowest BCUT2D eigenvalue weighted by molar-refractivity contribution is -0.142. The van der Waals surface area contributed by atoms with Gasteiger partial charge in [0.25, 0.3) is 0 Å². The van der Waals surface area contributed by atoms with Crippen LogP contribution in [-0.4, -0.2) is 17.6 Å². The van der Waals surface area contributed by atoms with Crippen molar-refractivity contribution in [3.63, 3.8) is 0 Å². The lowest BCUT2D eigenvalue weighted by Crippen LogP contribution is -2.01. The van der Waals surface area contributed by atoms with E-state index < -0.39 is 0 Å². The Morgan fingerprint density at radius 1 is 1.77 bits per heavy atom. The first-order chi connectivity index (χ1) is 6.33. The van der Waals surface area contributed by atoms with Gasteiger partial charge in [-0.15, -0.1) is 11.3 Å². The second-order valence-electron chi connectivity index (χ2n) is 2.32. The lowest BCUT2D eigenvalue weighted by Gasteiger charge is -1.95. The molecule has 3 nitrogen and oxygen atoms in total. The average Bonchev–Trinajstić information content (AvgIpc) is 2.57. The molecule has 0 aliphatic carbocycles. The van der Waals surface area contributed by atoms with Gasteiger partial charge in [0.05, 0.1) is 24.2 Å². The molecule has 1 heterocycles. The highest BCUT2D eigenvalue weighted by Gasteiger charge is 1.96. The number of nitrogens with zero attached hydrogens (tertiary/aromatic N) is 1. The molecule has 70 valence electrons. The van der Waals surface area contributed by atoms with Crippen LogP contribution < -0.4 is 0 Å². The normalized spacial score (nSPS) is 10.5. The minimum atomic E-state index is -0.200. The number of thiazole rings is 1. The second kappa shape index (κ2) is 5.48. The van der Waals surface area contributed by atoms with Crippen LogP contribution in [0.15, 0.2) is 17.0 Å². The summed E-state index contributed by atoms with van der Waals surface area (Å²) in [6, 6.07) is 0. The Balaban J connectivity index is 2.30. The zero-order valence-corrected chi connectivity index (χ0v) is 8.21. The summed E-state index contributed by atoms with van der Waals surface area (Å²) >= 11 is 1.53. The molecule has 13 heavy (non-hydrogen) atoms. The predicted molar refractivity (Wildman–Crippen MR) is 52.4 cm³/mol. The minimum absolute atomic E-state index is 0.200. The molecule has 0 bridgehead atoms. The first-order valence-electron chi connectivity index (χ1n) is 4.03. The van der Waals surface area contributed by atoms with Crippen LogP contribution in [0.25, 0.3) is 6.08 Å². The first kappa shape index (κ1) is 9.92. The Morgan fingerprint density at radius 2 is 2.62 bits per heavy atom. The summed E-state index contributed by atoms with van der Waals surface area (Å²) in [7, 11) is 0. The van der Waals surface area contributed by atoms with E-state index in [1.807, 2.05) is 11.5 Å². The number of hydrogen-bond donors (Lipinski definition) is 0. The van der Waals surface area contributed by atoms with Gasteiger partial charge >= 0.3 is 5.97 Å². The summed E-state index contributed by atoms with van der Waals surface area (Å²) in [5.74, 6) is -0.200. The van der Waals surface area contributed by atoms with E-state index in [0.29, 0.717) is 13.0 Å². The van der Waals surface area contributed by atoms with E-state index in [1.54, 1.807) is 18.5 Å². The van der Waals surface area contributed by atoms with E-state index in [4.69, 9.17) is 4.74 Å². The number of carbonyl (C=O) groups excluding carboxylic acids is 1. The van der Waals surface area contributed by atoms with Gasteiger partial charge in [0, 0.05) is 5.38 Å². The molecule has 0 aliphatic rings. The van der Waals surface area contributed by atoms with Crippen LogP contribution in [-0.2, 0) is 9.53 Å². The monoisotopic (exact) mass is 197 g/mol. The van der Waals surface area contributed by atoms with Gasteiger partial charge in [-0.25, -0.2) is 4.98 Å². The maximum absolute atomic E-state index is 10.9. The third kappa shape index (κ3) is 3.85. The quantitative estimate of drug-likeness (QED) is 0.694. The first-order valence-corrected chi connectivity index (χ1v) is 4.97. The molecule has 0 aromatic carbocycles. The average molecular weight is 197 g/mol. The van der Waals surface area contributed by atoms with E-state index in [2.05, 4.69) is 4.98 Å². The number of esters is 1. The molecule has 0 radical (unpaired) electrons. The third-order valence-electron chi connectivity index (χ3n) is 1.33. The van der Waals surface area contributed by atoms with Crippen molar-refractivity contribution in [1.82, 2.24) is 4.98 Å². The van der Waals surface area contributed by atoms with Crippen LogP contribution in [0, 0.1) is 0 Å². The van der Waals surface area contributed by atoms with E-state index in [9.17, 15) is 4.79 Å². The fraction of sp³-hybridized carbons (Fsp3) is 0.333. The Morgan fingerprint density at radius 3 is 3.23 bits per heavy atom. The number of rotatable bonds is 4. The second-order valence-corrected chi connectivity index (χ2v) is 3.04. The van der Waals surface area contributed by atoms with Gasteiger partial charge in [0.2, 0.25) is 0 Å². The molecule has 0 spiro atoms. The number of aromatic nitrogens is 1. The largest absolute Gasteiger partial charge is 0.466 e. The molecule has 0 fully saturated rings. The van der Waals surface area contributed by atoms with Crippen LogP contribution in [0.2, 0.25) is 0 Å². The molecular formula is C9H11NO2S. The molecule has 0 amide bonds. The maximum Gasteiger partial charge on any atom is 0.309 e. The fourth-order valence-electron chi connectivity index (χ4n) is 0.800. The molecule has 0 atom stereocenters. The molecule has 0 saturated heterocycles. The van der Waals surface area contributed by atoms with Crippen molar-refractivity contribution in [2.24, 2.45) is 0 Å². The van der Waals surface area contributed by atoms with E-state index in [-0.39, 0.29) is 5.97 Å². The SMILES string of the molecule is CCOC(=O)CC=Cc1cscn1. The highest BCUT2D eigenvalue weighted by molar-refractivity contribution is 7.07. The topological polar surface area (TPSA) is 39.2 Å². The van der Waals surface area contributed by atoms with E-state index in [0.717, 1.165) is 5.69 Å². The van der Waals surface area contributed by atoms with Gasteiger partial charge in [-0.1, -0.05) is 6.08 Å². The zero-order valence-electron chi connectivity index (χ0n) is 7.40. The van der Waals surface area contributed by atoms with Crippen LogP contribution >= 0.6 is 11.3 Å².